The molecule has 0 saturated carbocycles. The molecule has 0 saturated heterocycles. The van der Waals surface area contributed by atoms with E-state index in [1.54, 1.807) is 0 Å². The molecule has 1 N–H and O–H groups in total. The second kappa shape index (κ2) is 5.75. The number of alkyl halides is 3. The smallest absolute Gasteiger partial charge is 0.278 e. The predicted molar refractivity (Wildman–Crippen MR) is 81.8 cm³/mol. The summed E-state index contributed by atoms with van der Waals surface area (Å²) in [4.78, 5) is 7.42. The monoisotopic (exact) mass is 353 g/mol. The SMILES string of the molecule is O=S(=O)(Nc1cnc2c(C(F)(F)F)cccc2c1)c1cccnc1. The summed E-state index contributed by atoms with van der Waals surface area (Å²) >= 11 is 0. The van der Waals surface area contributed by atoms with Crippen molar-refractivity contribution < 1.29 is 21.6 Å². The highest BCUT2D eigenvalue weighted by Gasteiger charge is 2.33. The van der Waals surface area contributed by atoms with E-state index in [2.05, 4.69) is 14.7 Å². The first-order valence-corrected chi connectivity index (χ1v) is 8.14. The standard InChI is InChI=1S/C15H10F3N3O2S/c16-15(17,18)13-5-1-3-10-7-11(8-20-14(10)13)21-24(22,23)12-4-2-6-19-9-12/h1-9,21H. The second-order valence-corrected chi connectivity index (χ2v) is 6.58. The predicted octanol–water partition coefficient (Wildman–Crippen LogP) is 3.45. The van der Waals surface area contributed by atoms with E-state index in [0.717, 1.165) is 12.3 Å². The van der Waals surface area contributed by atoms with E-state index in [1.807, 2.05) is 0 Å². The molecule has 0 aliphatic rings. The van der Waals surface area contributed by atoms with Gasteiger partial charge in [-0.2, -0.15) is 13.2 Å². The zero-order chi connectivity index (χ0) is 17.4. The summed E-state index contributed by atoms with van der Waals surface area (Å²) in [6, 6.07) is 7.71. The van der Waals surface area contributed by atoms with Crippen molar-refractivity contribution in [1.82, 2.24) is 9.97 Å². The summed E-state index contributed by atoms with van der Waals surface area (Å²) in [6.07, 6.45) is -0.900. The zero-order valence-corrected chi connectivity index (χ0v) is 12.8. The molecule has 3 rings (SSSR count). The number of hydrogen-bond acceptors (Lipinski definition) is 4. The minimum absolute atomic E-state index is 0.0608. The van der Waals surface area contributed by atoms with Crippen LogP contribution < -0.4 is 4.72 Å². The highest BCUT2D eigenvalue weighted by Crippen LogP contribution is 2.34. The van der Waals surface area contributed by atoms with Crippen LogP contribution in [0.4, 0.5) is 18.9 Å². The number of aromatic nitrogens is 2. The summed E-state index contributed by atoms with van der Waals surface area (Å²) in [7, 11) is -3.90. The Morgan fingerprint density at radius 3 is 2.50 bits per heavy atom. The van der Waals surface area contributed by atoms with Gasteiger partial charge in [-0.15, -0.1) is 0 Å². The molecule has 0 radical (unpaired) electrons. The Bertz CT molecular complexity index is 990. The molecule has 0 atom stereocenters. The van der Waals surface area contributed by atoms with Gasteiger partial charge in [0.2, 0.25) is 0 Å². The van der Waals surface area contributed by atoms with Crippen LogP contribution in [0.25, 0.3) is 10.9 Å². The number of pyridine rings is 2. The summed E-state index contributed by atoms with van der Waals surface area (Å²) in [5, 5.41) is 0.177. The van der Waals surface area contributed by atoms with Crippen LogP contribution in [0.2, 0.25) is 0 Å². The van der Waals surface area contributed by atoms with Gasteiger partial charge in [-0.3, -0.25) is 14.7 Å². The number of nitrogens with one attached hydrogen (secondary N) is 1. The summed E-state index contributed by atoms with van der Waals surface area (Å²) in [5.41, 5.74) is -1.05. The lowest BCUT2D eigenvalue weighted by Gasteiger charge is -2.11. The van der Waals surface area contributed by atoms with Crippen molar-refractivity contribution in [3.05, 3.63) is 60.6 Å². The van der Waals surface area contributed by atoms with E-state index >= 15 is 0 Å². The van der Waals surface area contributed by atoms with Gasteiger partial charge < -0.3 is 0 Å². The fourth-order valence-electron chi connectivity index (χ4n) is 2.17. The lowest BCUT2D eigenvalue weighted by molar-refractivity contribution is -0.136. The third-order valence-electron chi connectivity index (χ3n) is 3.21. The van der Waals surface area contributed by atoms with Crippen LogP contribution in [0, 0.1) is 0 Å². The van der Waals surface area contributed by atoms with Crippen LogP contribution in [0.3, 0.4) is 0 Å². The lowest BCUT2D eigenvalue weighted by Crippen LogP contribution is -2.13. The van der Waals surface area contributed by atoms with Crippen molar-refractivity contribution in [3.8, 4) is 0 Å². The van der Waals surface area contributed by atoms with E-state index in [9.17, 15) is 21.6 Å². The third-order valence-corrected chi connectivity index (χ3v) is 4.58. The van der Waals surface area contributed by atoms with Crippen molar-refractivity contribution >= 4 is 26.6 Å². The Labute approximate surface area is 135 Å². The zero-order valence-electron chi connectivity index (χ0n) is 11.9. The minimum Gasteiger partial charge on any atom is -0.278 e. The quantitative estimate of drug-likeness (QED) is 0.783. The Balaban J connectivity index is 2.01. The molecule has 2 heterocycles. The second-order valence-electron chi connectivity index (χ2n) is 4.89. The Kier molecular flexibility index (Phi) is 3.88. The van der Waals surface area contributed by atoms with Gasteiger partial charge in [0.25, 0.3) is 10.0 Å². The van der Waals surface area contributed by atoms with Gasteiger partial charge in [0.1, 0.15) is 4.90 Å². The summed E-state index contributed by atoms with van der Waals surface area (Å²) in [6.45, 7) is 0. The number of nitrogens with zero attached hydrogens (tertiary/aromatic N) is 2. The molecule has 2 aromatic heterocycles. The largest absolute Gasteiger partial charge is 0.418 e. The maximum Gasteiger partial charge on any atom is 0.418 e. The molecule has 24 heavy (non-hydrogen) atoms. The number of para-hydroxylation sites is 1. The first-order chi connectivity index (χ1) is 11.3. The van der Waals surface area contributed by atoms with Gasteiger partial charge >= 0.3 is 6.18 Å². The summed E-state index contributed by atoms with van der Waals surface area (Å²) in [5.74, 6) is 0. The molecule has 0 aliphatic heterocycles. The fraction of sp³-hybridized carbons (Fsp3) is 0.0667. The molecule has 9 heteroatoms. The molecule has 0 fully saturated rings. The number of hydrogen-bond donors (Lipinski definition) is 1. The maximum absolute atomic E-state index is 13.0. The highest BCUT2D eigenvalue weighted by atomic mass is 32.2. The fourth-order valence-corrected chi connectivity index (χ4v) is 3.16. The minimum atomic E-state index is -4.54. The van der Waals surface area contributed by atoms with E-state index in [1.165, 1.54) is 42.7 Å². The molecule has 0 aliphatic carbocycles. The Morgan fingerprint density at radius 1 is 1.04 bits per heavy atom. The number of halogens is 3. The van der Waals surface area contributed by atoms with Crippen LogP contribution in [0.5, 0.6) is 0 Å². The van der Waals surface area contributed by atoms with Gasteiger partial charge in [-0.05, 0) is 24.3 Å². The van der Waals surface area contributed by atoms with E-state index in [4.69, 9.17) is 0 Å². The van der Waals surface area contributed by atoms with E-state index in [0.29, 0.717) is 0 Å². The number of benzene rings is 1. The van der Waals surface area contributed by atoms with Crippen LogP contribution in [0.15, 0.2) is 59.9 Å². The van der Waals surface area contributed by atoms with Crippen molar-refractivity contribution in [2.45, 2.75) is 11.1 Å². The third kappa shape index (κ3) is 3.16. The highest BCUT2D eigenvalue weighted by molar-refractivity contribution is 7.92. The molecule has 0 unspecified atom stereocenters. The van der Waals surface area contributed by atoms with Gasteiger partial charge in [-0.1, -0.05) is 12.1 Å². The Hall–Kier alpha value is -2.68. The van der Waals surface area contributed by atoms with Gasteiger partial charge in [-0.25, -0.2) is 8.42 Å². The van der Waals surface area contributed by atoms with Gasteiger partial charge in [0.05, 0.1) is 23.0 Å². The first kappa shape index (κ1) is 16.2. The van der Waals surface area contributed by atoms with Gasteiger partial charge in [0, 0.05) is 17.8 Å². The van der Waals surface area contributed by atoms with E-state index in [-0.39, 0.29) is 21.5 Å². The molecular weight excluding hydrogens is 343 g/mol. The number of rotatable bonds is 3. The number of sulfonamides is 1. The molecule has 0 bridgehead atoms. The Morgan fingerprint density at radius 2 is 1.83 bits per heavy atom. The lowest BCUT2D eigenvalue weighted by atomic mass is 10.1. The molecule has 124 valence electrons. The molecular formula is C15H10F3N3O2S. The number of anilines is 1. The van der Waals surface area contributed by atoms with Crippen LogP contribution in [-0.4, -0.2) is 18.4 Å². The average Bonchev–Trinajstić information content (AvgIpc) is 2.53. The van der Waals surface area contributed by atoms with Crippen molar-refractivity contribution in [1.29, 1.82) is 0 Å². The topological polar surface area (TPSA) is 72.0 Å². The first-order valence-electron chi connectivity index (χ1n) is 6.66. The summed E-state index contributed by atoms with van der Waals surface area (Å²) < 4.78 is 65.5. The molecule has 3 aromatic rings. The van der Waals surface area contributed by atoms with Gasteiger partial charge in [0.15, 0.2) is 0 Å². The van der Waals surface area contributed by atoms with Crippen molar-refractivity contribution in [3.63, 3.8) is 0 Å². The average molecular weight is 353 g/mol. The van der Waals surface area contributed by atoms with Crippen LogP contribution in [-0.2, 0) is 16.2 Å². The molecule has 0 spiro atoms. The molecule has 0 amide bonds. The molecule has 5 nitrogen and oxygen atoms in total. The number of fused-ring (bicyclic) bond motifs is 1. The normalized spacial score (nSPS) is 12.3. The maximum atomic E-state index is 13.0. The van der Waals surface area contributed by atoms with Crippen LogP contribution >= 0.6 is 0 Å². The van der Waals surface area contributed by atoms with Crippen molar-refractivity contribution in [2.24, 2.45) is 0 Å². The molecule has 1 aromatic carbocycles. The van der Waals surface area contributed by atoms with E-state index < -0.39 is 21.8 Å². The van der Waals surface area contributed by atoms with Crippen molar-refractivity contribution in [2.75, 3.05) is 4.72 Å². The van der Waals surface area contributed by atoms with Crippen LogP contribution in [0.1, 0.15) is 5.56 Å².